The molecule has 9 nitrogen and oxygen atoms in total. The van der Waals surface area contributed by atoms with Crippen molar-refractivity contribution >= 4 is 28.7 Å². The molecule has 3 heterocycles. The molecule has 1 unspecified atom stereocenters. The number of rotatable bonds is 8. The van der Waals surface area contributed by atoms with E-state index in [1.807, 2.05) is 16.7 Å². The van der Waals surface area contributed by atoms with Crippen LogP contribution in [0.4, 0.5) is 4.39 Å². The van der Waals surface area contributed by atoms with Gasteiger partial charge in [-0.05, 0) is 42.5 Å². The van der Waals surface area contributed by atoms with E-state index in [1.165, 1.54) is 54.8 Å². The monoisotopic (exact) mass is 514 g/mol. The van der Waals surface area contributed by atoms with Crippen molar-refractivity contribution in [1.29, 1.82) is 0 Å². The molecule has 1 atom stereocenters. The zero-order valence-electron chi connectivity index (χ0n) is 19.2. The van der Waals surface area contributed by atoms with Crippen LogP contribution in [0.1, 0.15) is 46.1 Å². The summed E-state index contributed by atoms with van der Waals surface area (Å²) >= 11 is 0. The van der Waals surface area contributed by atoms with Crippen LogP contribution in [0.25, 0.3) is 5.65 Å². The predicted octanol–water partition coefficient (Wildman–Crippen LogP) is 3.26. The molecule has 0 saturated heterocycles. The van der Waals surface area contributed by atoms with E-state index in [0.29, 0.717) is 12.5 Å². The molecular weight excluding hydrogens is 490 g/mol. The molecule has 1 aliphatic rings. The highest BCUT2D eigenvalue weighted by Crippen LogP contribution is 2.39. The average molecular weight is 515 g/mol. The zero-order valence-corrected chi connectivity index (χ0v) is 21.0. The second-order valence-electron chi connectivity index (χ2n) is 8.62. The van der Waals surface area contributed by atoms with Gasteiger partial charge in [-0.1, -0.05) is 19.3 Å². The number of hydrogen-bond acceptors (Lipinski definition) is 6. The number of carbonyl (C=O) groups is 1. The molecule has 1 saturated carbocycles. The summed E-state index contributed by atoms with van der Waals surface area (Å²) in [5.41, 5.74) is 3.09. The Labute approximate surface area is 203 Å². The largest absolute Gasteiger partial charge is 0.494 e. The van der Waals surface area contributed by atoms with Crippen molar-refractivity contribution < 1.29 is 18.1 Å². The van der Waals surface area contributed by atoms with E-state index in [0.717, 1.165) is 11.3 Å². The number of fused-ring (bicyclic) bond motifs is 1. The van der Waals surface area contributed by atoms with Crippen molar-refractivity contribution in [3.05, 3.63) is 71.2 Å². The molecule has 1 fully saturated rings. The van der Waals surface area contributed by atoms with Crippen LogP contribution in [0, 0.1) is 5.82 Å². The van der Waals surface area contributed by atoms with E-state index < -0.39 is 20.8 Å². The second-order valence-corrected chi connectivity index (χ2v) is 13.1. The Morgan fingerprint density at radius 1 is 1.26 bits per heavy atom. The molecule has 0 spiro atoms. The third kappa shape index (κ3) is 4.92. The molecule has 1 aromatic carbocycles. The lowest BCUT2D eigenvalue weighted by atomic mass is 10.2. The highest BCUT2D eigenvalue weighted by Gasteiger charge is 2.24. The van der Waals surface area contributed by atoms with E-state index in [9.17, 15) is 13.4 Å². The van der Waals surface area contributed by atoms with Gasteiger partial charge in [-0.2, -0.15) is 0 Å². The number of imidazole rings is 1. The van der Waals surface area contributed by atoms with Crippen LogP contribution in [0.2, 0.25) is 0 Å². The number of benzene rings is 1. The van der Waals surface area contributed by atoms with Gasteiger partial charge in [-0.15, -0.1) is 5.10 Å². The second kappa shape index (κ2) is 9.05. The molecule has 1 aliphatic carbocycles. The van der Waals surface area contributed by atoms with Crippen molar-refractivity contribution in [3.63, 3.8) is 0 Å². The first-order valence-corrected chi connectivity index (χ1v) is 14.2. The van der Waals surface area contributed by atoms with Gasteiger partial charge in [0.25, 0.3) is 5.91 Å². The summed E-state index contributed by atoms with van der Waals surface area (Å²) in [7, 11) is 1.83. The van der Waals surface area contributed by atoms with Crippen molar-refractivity contribution in [2.24, 2.45) is 0 Å². The van der Waals surface area contributed by atoms with Gasteiger partial charge in [0.05, 0.1) is 25.5 Å². The maximum absolute atomic E-state index is 14.9. The molecule has 35 heavy (non-hydrogen) atoms. The van der Waals surface area contributed by atoms with Gasteiger partial charge >= 0.3 is 0 Å². The lowest BCUT2D eigenvalue weighted by Gasteiger charge is -2.14. The molecule has 1 N–H and O–H groups in total. The first kappa shape index (κ1) is 23.4. The SMILES string of the molecule is COc1ccc(S(C)(=O)=P)c(CNC(=O)c2cn(Cc3cn4cc(C5CC5)ccc4n3)nn2)c1F. The number of nitrogens with one attached hydrogen (secondary N) is 1. The molecule has 12 heteroatoms. The first-order valence-electron chi connectivity index (χ1n) is 11.0. The summed E-state index contributed by atoms with van der Waals surface area (Å²) < 4.78 is 35.9. The van der Waals surface area contributed by atoms with E-state index in [-0.39, 0.29) is 28.4 Å². The van der Waals surface area contributed by atoms with Gasteiger partial charge in [0.2, 0.25) is 0 Å². The highest BCUT2D eigenvalue weighted by atomic mass is 32.5. The van der Waals surface area contributed by atoms with Gasteiger partial charge in [-0.25, -0.2) is 14.1 Å². The Bertz CT molecular complexity index is 1540. The lowest BCUT2D eigenvalue weighted by Crippen LogP contribution is -2.25. The molecule has 4 aromatic rings. The average Bonchev–Trinajstić information content (AvgIpc) is 3.43. The summed E-state index contributed by atoms with van der Waals surface area (Å²) in [4.78, 5) is 17.5. The minimum atomic E-state index is -2.67. The third-order valence-electron chi connectivity index (χ3n) is 5.90. The van der Waals surface area contributed by atoms with Crippen LogP contribution in [0.3, 0.4) is 0 Å². The van der Waals surface area contributed by atoms with Crippen LogP contribution in [-0.4, -0.2) is 47.9 Å². The van der Waals surface area contributed by atoms with Gasteiger partial charge in [0, 0.05) is 44.8 Å². The Hall–Kier alpha value is -3.30. The van der Waals surface area contributed by atoms with E-state index >= 15 is 0 Å². The lowest BCUT2D eigenvalue weighted by molar-refractivity contribution is 0.0945. The number of amides is 1. The fourth-order valence-corrected chi connectivity index (χ4v) is 5.50. The van der Waals surface area contributed by atoms with E-state index in [2.05, 4.69) is 40.9 Å². The molecule has 0 aliphatic heterocycles. The summed E-state index contributed by atoms with van der Waals surface area (Å²) in [5.74, 6) is -0.569. The van der Waals surface area contributed by atoms with Crippen molar-refractivity contribution in [2.45, 2.75) is 36.7 Å². The zero-order chi connectivity index (χ0) is 24.7. The maximum atomic E-state index is 14.9. The Kier molecular flexibility index (Phi) is 6.06. The Morgan fingerprint density at radius 3 is 2.77 bits per heavy atom. The first-order chi connectivity index (χ1) is 16.7. The summed E-state index contributed by atoms with van der Waals surface area (Å²) in [6.07, 6.45) is 9.46. The molecule has 5 rings (SSSR count). The van der Waals surface area contributed by atoms with E-state index in [4.69, 9.17) is 4.74 Å². The number of hydrogen-bond donors (Lipinski definition) is 1. The number of aromatic nitrogens is 5. The molecular formula is C23H24FN6O3PS. The summed E-state index contributed by atoms with van der Waals surface area (Å²) in [5, 5.41) is 10.6. The minimum Gasteiger partial charge on any atom is -0.494 e. The van der Waals surface area contributed by atoms with Crippen LogP contribution in [-0.2, 0) is 22.2 Å². The van der Waals surface area contributed by atoms with Crippen LogP contribution >= 0.6 is 8.02 Å². The number of carbonyl (C=O) groups excluding carboxylic acids is 1. The molecule has 0 bridgehead atoms. The van der Waals surface area contributed by atoms with Crippen LogP contribution in [0.5, 0.6) is 5.75 Å². The maximum Gasteiger partial charge on any atom is 0.273 e. The quantitative estimate of drug-likeness (QED) is 0.362. The highest BCUT2D eigenvalue weighted by molar-refractivity contribution is 8.20. The number of methoxy groups -OCH3 is 1. The molecule has 0 radical (unpaired) electrons. The number of ether oxygens (including phenoxy) is 1. The fourth-order valence-electron chi connectivity index (χ4n) is 3.97. The predicted molar refractivity (Wildman–Crippen MR) is 131 cm³/mol. The normalized spacial score (nSPS) is 15.2. The molecule has 1 amide bonds. The van der Waals surface area contributed by atoms with Crippen molar-refractivity contribution in [3.8, 4) is 5.75 Å². The molecule has 182 valence electrons. The smallest absolute Gasteiger partial charge is 0.273 e. The number of pyridine rings is 1. The van der Waals surface area contributed by atoms with Crippen molar-refractivity contribution in [1.82, 2.24) is 29.7 Å². The summed E-state index contributed by atoms with van der Waals surface area (Å²) in [6, 6.07) is 7.03. The topological polar surface area (TPSA) is 103 Å². The Morgan fingerprint density at radius 2 is 2.06 bits per heavy atom. The van der Waals surface area contributed by atoms with Crippen LogP contribution < -0.4 is 10.1 Å². The Balaban J connectivity index is 1.29. The fraction of sp³-hybridized carbons (Fsp3) is 0.304. The summed E-state index contributed by atoms with van der Waals surface area (Å²) in [6.45, 7) is 0.145. The number of nitrogens with zero attached hydrogens (tertiary/aromatic N) is 5. The van der Waals surface area contributed by atoms with Crippen LogP contribution in [0.15, 0.2) is 47.8 Å². The van der Waals surface area contributed by atoms with Gasteiger partial charge in [0.1, 0.15) is 5.65 Å². The van der Waals surface area contributed by atoms with Gasteiger partial charge in [-0.3, -0.25) is 9.00 Å². The molecule has 3 aromatic heterocycles. The third-order valence-corrected chi connectivity index (χ3v) is 7.78. The van der Waals surface area contributed by atoms with Crippen molar-refractivity contribution in [2.75, 3.05) is 13.4 Å². The van der Waals surface area contributed by atoms with E-state index in [1.54, 1.807) is 0 Å². The van der Waals surface area contributed by atoms with Gasteiger partial charge < -0.3 is 14.5 Å². The number of halogens is 1. The van der Waals surface area contributed by atoms with Gasteiger partial charge in [0.15, 0.2) is 17.3 Å². The standard InChI is InChI=1S/C23H24FN6O3PS/c1-33-19-6-7-20(35(2,32)34)17(22(19)24)9-25-23(31)18-13-30(28-27-18)12-16-11-29-10-15(14-3-4-14)5-8-21(29)26-16/h5-8,10-11,13-14,34H,3-4,9,12H2,1-2H3,(H,25,31). The minimum absolute atomic E-state index is 0.00373.